The number of epoxide rings is 1. The second kappa shape index (κ2) is 10.6. The number of aliphatic imine (C=N–C) groups is 2. The van der Waals surface area contributed by atoms with Crippen molar-refractivity contribution in [2.45, 2.75) is 31.4 Å². The molecule has 0 aromatic heterocycles. The summed E-state index contributed by atoms with van der Waals surface area (Å²) in [6.45, 7) is 2.03. The quantitative estimate of drug-likeness (QED) is 0.404. The third-order valence-electron chi connectivity index (χ3n) is 7.09. The van der Waals surface area contributed by atoms with Crippen molar-refractivity contribution >= 4 is 34.7 Å². The number of ether oxygens (including phenoxy) is 2. The average Bonchev–Trinajstić information content (AvgIpc) is 3.68. The third kappa shape index (κ3) is 5.01. The molecule has 0 aliphatic carbocycles. The Morgan fingerprint density at radius 2 is 1.97 bits per heavy atom. The number of likely N-dealkylation sites (tertiary alicyclic amines) is 1. The van der Waals surface area contributed by atoms with Gasteiger partial charge in [0.1, 0.15) is 17.2 Å². The first-order valence-electron chi connectivity index (χ1n) is 12.8. The number of amides is 1. The SMILES string of the molecule is O=C(C1=NCC2=NC=CC2=C1NCC1CCCCN1C(=O)C1CO1)c1ccc(Oc2ccccc2)cc1Cl. The Morgan fingerprint density at radius 1 is 1.13 bits per heavy atom. The maximum atomic E-state index is 13.7. The zero-order valence-corrected chi connectivity index (χ0v) is 21.5. The maximum absolute atomic E-state index is 13.7. The van der Waals surface area contributed by atoms with Crippen molar-refractivity contribution in [1.82, 2.24) is 10.2 Å². The van der Waals surface area contributed by atoms with Gasteiger partial charge in [0.15, 0.2) is 6.10 Å². The van der Waals surface area contributed by atoms with Gasteiger partial charge in [-0.05, 0) is 49.6 Å². The molecule has 9 heteroatoms. The summed E-state index contributed by atoms with van der Waals surface area (Å²) in [7, 11) is 0. The molecule has 38 heavy (non-hydrogen) atoms. The van der Waals surface area contributed by atoms with Crippen LogP contribution in [0.4, 0.5) is 0 Å². The number of ketones is 1. The highest BCUT2D eigenvalue weighted by Gasteiger charge is 2.39. The van der Waals surface area contributed by atoms with Crippen LogP contribution >= 0.6 is 11.6 Å². The van der Waals surface area contributed by atoms with Crippen LogP contribution in [0.2, 0.25) is 5.02 Å². The van der Waals surface area contributed by atoms with Gasteiger partial charge in [0.25, 0.3) is 5.91 Å². The predicted molar refractivity (Wildman–Crippen MR) is 145 cm³/mol. The Labute approximate surface area is 225 Å². The summed E-state index contributed by atoms with van der Waals surface area (Å²) in [5, 5.41) is 3.75. The number of piperidine rings is 1. The molecule has 2 fully saturated rings. The van der Waals surface area contributed by atoms with Gasteiger partial charge in [-0.1, -0.05) is 29.8 Å². The van der Waals surface area contributed by atoms with Crippen LogP contribution in [0.3, 0.4) is 0 Å². The predicted octanol–water partition coefficient (Wildman–Crippen LogP) is 4.36. The van der Waals surface area contributed by atoms with E-state index in [-0.39, 0.29) is 28.9 Å². The van der Waals surface area contributed by atoms with Crippen LogP contribution in [0.25, 0.3) is 0 Å². The normalized spacial score (nSPS) is 22.0. The molecule has 1 N–H and O–H groups in total. The van der Waals surface area contributed by atoms with E-state index in [0.29, 0.717) is 48.2 Å². The molecule has 2 atom stereocenters. The topological polar surface area (TPSA) is 95.9 Å². The summed E-state index contributed by atoms with van der Waals surface area (Å²) in [5.74, 6) is 0.989. The van der Waals surface area contributed by atoms with Crippen LogP contribution in [-0.2, 0) is 9.53 Å². The molecule has 4 aliphatic heterocycles. The Bertz CT molecular complexity index is 1390. The summed E-state index contributed by atoms with van der Waals surface area (Å²) in [4.78, 5) is 37.4. The first-order chi connectivity index (χ1) is 18.6. The van der Waals surface area contributed by atoms with Crippen LogP contribution in [0.15, 0.2) is 82.1 Å². The largest absolute Gasteiger partial charge is 0.457 e. The Kier molecular flexibility index (Phi) is 6.82. The van der Waals surface area contributed by atoms with E-state index in [2.05, 4.69) is 15.3 Å². The standard InChI is InChI=1S/C29H27ClN4O4/c30-23-14-20(38-19-7-2-1-3-8-19)9-10-21(23)28(35)27-26(22-11-12-31-24(22)16-33-27)32-15-18-6-4-5-13-34(18)29(36)25-17-37-25/h1-3,7-12,14,18,25,32H,4-6,13,15-17H2. The lowest BCUT2D eigenvalue weighted by molar-refractivity contribution is -0.136. The fraction of sp³-hybridized carbons (Fsp3) is 0.310. The van der Waals surface area contributed by atoms with E-state index in [9.17, 15) is 9.59 Å². The highest BCUT2D eigenvalue weighted by molar-refractivity contribution is 6.55. The van der Waals surface area contributed by atoms with Gasteiger partial charge in [-0.2, -0.15) is 0 Å². The van der Waals surface area contributed by atoms with Crippen molar-refractivity contribution in [2.24, 2.45) is 9.98 Å². The molecule has 194 valence electrons. The Morgan fingerprint density at radius 3 is 2.76 bits per heavy atom. The van der Waals surface area contributed by atoms with Gasteiger partial charge in [0.2, 0.25) is 5.78 Å². The van der Waals surface area contributed by atoms with Gasteiger partial charge in [0, 0.05) is 42.5 Å². The lowest BCUT2D eigenvalue weighted by atomic mass is 9.95. The Balaban J connectivity index is 1.22. The highest BCUT2D eigenvalue weighted by Crippen LogP contribution is 2.29. The van der Waals surface area contributed by atoms with Crippen LogP contribution < -0.4 is 10.1 Å². The van der Waals surface area contributed by atoms with Gasteiger partial charge >= 0.3 is 0 Å². The van der Waals surface area contributed by atoms with Crippen molar-refractivity contribution in [3.8, 4) is 11.5 Å². The molecule has 2 aromatic carbocycles. The fourth-order valence-electron chi connectivity index (χ4n) is 5.04. The number of carbonyl (C=O) groups is 2. The second-order valence-electron chi connectivity index (χ2n) is 9.62. The number of hydrogen-bond acceptors (Lipinski definition) is 7. The molecule has 0 saturated carbocycles. The summed E-state index contributed by atoms with van der Waals surface area (Å²) >= 11 is 6.57. The second-order valence-corrected chi connectivity index (χ2v) is 10.0. The minimum absolute atomic E-state index is 0.00982. The van der Waals surface area contributed by atoms with Gasteiger partial charge in [0.05, 0.1) is 29.6 Å². The van der Waals surface area contributed by atoms with Gasteiger partial charge in [-0.3, -0.25) is 19.6 Å². The Hall–Kier alpha value is -3.75. The lowest BCUT2D eigenvalue weighted by Crippen LogP contribution is -2.50. The third-order valence-corrected chi connectivity index (χ3v) is 7.40. The summed E-state index contributed by atoms with van der Waals surface area (Å²) in [5.41, 5.74) is 2.93. The number of Topliss-reactive ketones (excluding diaryl/α,β-unsaturated/α-hetero) is 1. The molecular weight excluding hydrogens is 504 g/mol. The zero-order valence-electron chi connectivity index (χ0n) is 20.7. The number of para-hydroxylation sites is 1. The summed E-state index contributed by atoms with van der Waals surface area (Å²) < 4.78 is 11.1. The number of allylic oxidation sites excluding steroid dienone is 2. The molecule has 6 rings (SSSR count). The van der Waals surface area contributed by atoms with Crippen molar-refractivity contribution in [3.63, 3.8) is 0 Å². The van der Waals surface area contributed by atoms with Gasteiger partial charge in [-0.15, -0.1) is 0 Å². The van der Waals surface area contributed by atoms with Crippen LogP contribution in [-0.4, -0.2) is 66.4 Å². The molecule has 4 aliphatic rings. The number of benzene rings is 2. The summed E-state index contributed by atoms with van der Waals surface area (Å²) in [6.07, 6.45) is 6.22. The smallest absolute Gasteiger partial charge is 0.254 e. The van der Waals surface area contributed by atoms with Crippen molar-refractivity contribution in [3.05, 3.63) is 82.7 Å². The van der Waals surface area contributed by atoms with Gasteiger partial charge < -0.3 is 19.7 Å². The number of dihydropyridines is 1. The number of nitrogens with zero attached hydrogens (tertiary/aromatic N) is 3. The molecule has 0 bridgehead atoms. The molecule has 2 aromatic rings. The number of nitrogens with one attached hydrogen (secondary N) is 1. The fourth-order valence-corrected chi connectivity index (χ4v) is 5.30. The van der Waals surface area contributed by atoms with Crippen LogP contribution in [0.5, 0.6) is 11.5 Å². The van der Waals surface area contributed by atoms with Crippen LogP contribution in [0, 0.1) is 0 Å². The van der Waals surface area contributed by atoms with E-state index < -0.39 is 0 Å². The maximum Gasteiger partial charge on any atom is 0.254 e. The average molecular weight is 531 g/mol. The number of rotatable bonds is 8. The lowest BCUT2D eigenvalue weighted by Gasteiger charge is -2.36. The van der Waals surface area contributed by atoms with E-state index in [1.54, 1.807) is 24.4 Å². The van der Waals surface area contributed by atoms with Crippen LogP contribution in [0.1, 0.15) is 29.6 Å². The molecule has 2 unspecified atom stereocenters. The van der Waals surface area contributed by atoms with Crippen molar-refractivity contribution < 1.29 is 19.1 Å². The van der Waals surface area contributed by atoms with E-state index in [1.165, 1.54) is 0 Å². The number of carbonyl (C=O) groups excluding carboxylic acids is 2. The number of fused-ring (bicyclic) bond motifs is 1. The first kappa shape index (κ1) is 24.6. The van der Waals surface area contributed by atoms with Crippen molar-refractivity contribution in [1.29, 1.82) is 0 Å². The first-order valence-corrected chi connectivity index (χ1v) is 13.2. The number of halogens is 1. The van der Waals surface area contributed by atoms with E-state index in [1.807, 2.05) is 41.3 Å². The monoisotopic (exact) mass is 530 g/mol. The van der Waals surface area contributed by atoms with Crippen molar-refractivity contribution in [2.75, 3.05) is 26.2 Å². The van der Waals surface area contributed by atoms with Gasteiger partial charge in [-0.25, -0.2) is 0 Å². The molecule has 1 amide bonds. The number of hydrogen-bond donors (Lipinski definition) is 1. The van der Waals surface area contributed by atoms with E-state index >= 15 is 0 Å². The molecule has 2 saturated heterocycles. The molecule has 0 spiro atoms. The van der Waals surface area contributed by atoms with E-state index in [0.717, 1.165) is 37.1 Å². The molecule has 0 radical (unpaired) electrons. The molecular formula is C29H27ClN4O4. The minimum atomic E-state index is -0.307. The summed E-state index contributed by atoms with van der Waals surface area (Å²) in [6, 6.07) is 14.4. The zero-order chi connectivity index (χ0) is 26.1. The van der Waals surface area contributed by atoms with E-state index in [4.69, 9.17) is 21.1 Å². The molecule has 8 nitrogen and oxygen atoms in total. The minimum Gasteiger partial charge on any atom is -0.457 e. The highest BCUT2D eigenvalue weighted by atomic mass is 35.5. The molecule has 4 heterocycles.